The largest absolute Gasteiger partial charge is 2.00 e. The van der Waals surface area contributed by atoms with Gasteiger partial charge < -0.3 is 40.1 Å². The van der Waals surface area contributed by atoms with Crippen LogP contribution in [0.3, 0.4) is 0 Å². The molecule has 4 aromatic rings. The number of ether oxygens (including phenoxy) is 4. The molecule has 2 aromatic carbocycles. The maximum atomic E-state index is 11.9. The third-order valence-electron chi connectivity index (χ3n) is 5.64. The van der Waals surface area contributed by atoms with Gasteiger partial charge in [-0.05, 0) is 74.0 Å². The Morgan fingerprint density at radius 2 is 0.957 bits per heavy atom. The second-order valence-corrected chi connectivity index (χ2v) is 9.23. The molecule has 0 amide bonds. The van der Waals surface area contributed by atoms with Crippen molar-refractivity contribution >= 4 is 36.9 Å². The zero-order valence-electron chi connectivity index (χ0n) is 25.6. The van der Waals surface area contributed by atoms with Crippen LogP contribution in [-0.2, 0) is 16.8 Å². The molecular formula is C26H30CoN8O10S2. The molecule has 4 rings (SSSR count). The average Bonchev–Trinajstić information content (AvgIpc) is 3.02. The summed E-state index contributed by atoms with van der Waals surface area (Å²) in [5.41, 5.74) is 0.638. The van der Waals surface area contributed by atoms with Gasteiger partial charge in [0.25, 0.3) is 11.1 Å². The molecule has 0 saturated carbocycles. The number of rotatable bonds is 8. The van der Waals surface area contributed by atoms with Crippen molar-refractivity contribution in [3.63, 3.8) is 0 Å². The molecule has 47 heavy (non-hydrogen) atoms. The second-order valence-electron chi connectivity index (χ2n) is 8.46. The Balaban J connectivity index is 0.000000846. The minimum absolute atomic E-state index is 0. The van der Waals surface area contributed by atoms with Crippen molar-refractivity contribution in [2.45, 2.75) is 13.8 Å². The van der Waals surface area contributed by atoms with Crippen molar-refractivity contribution in [1.29, 1.82) is 0 Å². The SMILES string of the molecule is COc1cc(/C=N/n2c(=S)[nH]nc(C)c2=O)cc(OC)c1[O-].COc1cc(/C=N/n2c(=S)[nH]nc(C)c2=O)cc(OC)c1[O-].O.O.[Co+2]. The maximum Gasteiger partial charge on any atom is 2.00 e. The quantitative estimate of drug-likeness (QED) is 0.171. The van der Waals surface area contributed by atoms with Crippen molar-refractivity contribution < 1.29 is 56.9 Å². The third kappa shape index (κ3) is 10.0. The molecule has 21 heteroatoms. The topological polar surface area (TPSA) is 272 Å². The van der Waals surface area contributed by atoms with Crippen molar-refractivity contribution in [3.05, 3.63) is 77.0 Å². The van der Waals surface area contributed by atoms with E-state index in [4.69, 9.17) is 43.4 Å². The molecule has 1 radical (unpaired) electrons. The Labute approximate surface area is 286 Å². The number of methoxy groups -OCH3 is 4. The monoisotopic (exact) mass is 737 g/mol. The minimum atomic E-state index is -0.431. The summed E-state index contributed by atoms with van der Waals surface area (Å²) >= 11 is 9.93. The Morgan fingerprint density at radius 3 is 1.21 bits per heavy atom. The molecule has 0 spiro atoms. The molecule has 0 aliphatic rings. The van der Waals surface area contributed by atoms with Crippen LogP contribution in [0.2, 0.25) is 0 Å². The fraction of sp³-hybridized carbons (Fsp3) is 0.231. The molecule has 0 aliphatic heterocycles. The van der Waals surface area contributed by atoms with Gasteiger partial charge in [-0.3, -0.25) is 19.8 Å². The molecular weight excluding hydrogens is 707 g/mol. The summed E-state index contributed by atoms with van der Waals surface area (Å²) in [5, 5.41) is 44.2. The van der Waals surface area contributed by atoms with Gasteiger partial charge in [-0.15, -0.1) is 0 Å². The molecule has 2 heterocycles. The fourth-order valence-corrected chi connectivity index (χ4v) is 3.70. The van der Waals surface area contributed by atoms with E-state index in [1.807, 2.05) is 0 Å². The zero-order chi connectivity index (χ0) is 32.6. The number of aromatic amines is 2. The Kier molecular flexibility index (Phi) is 16.9. The van der Waals surface area contributed by atoms with Gasteiger partial charge in [-0.1, -0.05) is 0 Å². The predicted octanol–water partition coefficient (Wildman–Crippen LogP) is -0.487. The van der Waals surface area contributed by atoms with Crippen LogP contribution in [0.25, 0.3) is 0 Å². The first-order valence-electron chi connectivity index (χ1n) is 12.3. The van der Waals surface area contributed by atoms with Crippen LogP contribution >= 0.6 is 24.4 Å². The van der Waals surface area contributed by atoms with Crippen molar-refractivity contribution in [3.8, 4) is 34.5 Å². The van der Waals surface area contributed by atoms with Crippen LogP contribution in [0, 0.1) is 23.4 Å². The van der Waals surface area contributed by atoms with Crippen molar-refractivity contribution in [1.82, 2.24) is 29.7 Å². The van der Waals surface area contributed by atoms with E-state index in [1.165, 1.54) is 79.0 Å². The van der Waals surface area contributed by atoms with Gasteiger partial charge in [0.05, 0.1) is 40.9 Å². The second kappa shape index (κ2) is 18.9. The first-order chi connectivity index (χ1) is 20.9. The summed E-state index contributed by atoms with van der Waals surface area (Å²) in [4.78, 5) is 23.8. The summed E-state index contributed by atoms with van der Waals surface area (Å²) in [7, 11) is 5.52. The van der Waals surface area contributed by atoms with E-state index < -0.39 is 11.1 Å². The average molecular weight is 738 g/mol. The van der Waals surface area contributed by atoms with E-state index in [9.17, 15) is 19.8 Å². The fourth-order valence-electron chi connectivity index (χ4n) is 3.35. The van der Waals surface area contributed by atoms with Crippen LogP contribution in [0.4, 0.5) is 0 Å². The van der Waals surface area contributed by atoms with E-state index in [0.29, 0.717) is 11.1 Å². The third-order valence-corrected chi connectivity index (χ3v) is 6.17. The normalized spacial score (nSPS) is 10.2. The number of aromatic nitrogens is 6. The van der Waals surface area contributed by atoms with Gasteiger partial charge in [0, 0.05) is 11.1 Å². The van der Waals surface area contributed by atoms with Gasteiger partial charge in [-0.25, -0.2) is 0 Å². The number of hydrogen-bond donors (Lipinski definition) is 2. The molecule has 255 valence electrons. The van der Waals surface area contributed by atoms with Gasteiger partial charge >= 0.3 is 16.8 Å². The number of nitrogens with zero attached hydrogens (tertiary/aromatic N) is 6. The number of nitrogens with one attached hydrogen (secondary N) is 2. The van der Waals surface area contributed by atoms with Crippen molar-refractivity contribution in [2.75, 3.05) is 28.4 Å². The van der Waals surface area contributed by atoms with Crippen LogP contribution in [-0.4, -0.2) is 81.6 Å². The summed E-state index contributed by atoms with van der Waals surface area (Å²) < 4.78 is 22.1. The van der Waals surface area contributed by atoms with Crippen LogP contribution in [0.15, 0.2) is 44.1 Å². The number of H-pyrrole nitrogens is 2. The molecule has 0 bridgehead atoms. The molecule has 18 nitrogen and oxygen atoms in total. The van der Waals surface area contributed by atoms with E-state index in [0.717, 1.165) is 9.35 Å². The van der Waals surface area contributed by atoms with Gasteiger partial charge in [-0.2, -0.15) is 29.8 Å². The molecule has 0 fully saturated rings. The summed E-state index contributed by atoms with van der Waals surface area (Å²) in [5.74, 6) is -0.269. The van der Waals surface area contributed by atoms with Crippen molar-refractivity contribution in [2.24, 2.45) is 10.2 Å². The molecule has 2 aromatic heterocycles. The van der Waals surface area contributed by atoms with Crippen LogP contribution in [0.1, 0.15) is 22.5 Å². The Morgan fingerprint density at radius 1 is 0.681 bits per heavy atom. The van der Waals surface area contributed by atoms with Gasteiger partial charge in [0.15, 0.2) is 0 Å². The summed E-state index contributed by atoms with van der Waals surface area (Å²) in [6.07, 6.45) is 2.74. The zero-order valence-corrected chi connectivity index (χ0v) is 28.2. The number of benzene rings is 2. The van der Waals surface area contributed by atoms with Gasteiger partial charge in [0.1, 0.15) is 34.4 Å². The smallest absolute Gasteiger partial charge is 0.867 e. The number of aryl methyl sites for hydroxylation is 2. The predicted molar refractivity (Wildman–Crippen MR) is 168 cm³/mol. The molecule has 6 N–H and O–H groups in total. The molecule has 0 saturated heterocycles. The summed E-state index contributed by atoms with van der Waals surface area (Å²) in [6, 6.07) is 5.95. The maximum absolute atomic E-state index is 11.9. The van der Waals surface area contributed by atoms with Crippen LogP contribution < -0.4 is 40.3 Å². The molecule has 0 aliphatic carbocycles. The van der Waals surface area contributed by atoms with Crippen LogP contribution in [0.5, 0.6) is 34.5 Å². The summed E-state index contributed by atoms with van der Waals surface area (Å²) in [6.45, 7) is 3.08. The Hall–Kier alpha value is -4.93. The van der Waals surface area contributed by atoms with E-state index in [1.54, 1.807) is 0 Å². The molecule has 0 unspecified atom stereocenters. The van der Waals surface area contributed by atoms with E-state index >= 15 is 0 Å². The van der Waals surface area contributed by atoms with E-state index in [-0.39, 0.29) is 83.2 Å². The first-order valence-corrected chi connectivity index (χ1v) is 13.1. The molecule has 0 atom stereocenters. The van der Waals surface area contributed by atoms with Gasteiger partial charge in [0.2, 0.25) is 9.54 Å². The van der Waals surface area contributed by atoms with E-state index in [2.05, 4.69) is 30.6 Å². The first kappa shape index (κ1) is 42.1. The standard InChI is InChI=1S/2C13H14N4O4S.Co.2H2O/c2*1-7-12(19)17(13(22)16-15-7)14-6-8-4-9(20-2)11(18)10(5-8)21-3;;;/h2*4-6,18H,1-3H3,(H,16,22);;2*1H2/q;;+2;;/p-2/b2*14-6+;;;. The Bertz CT molecular complexity index is 1780. The minimum Gasteiger partial charge on any atom is -0.867 e. The number of hydrogen-bond acceptors (Lipinski definition) is 14.